The van der Waals surface area contributed by atoms with E-state index in [1.165, 1.54) is 17.3 Å². The zero-order valence-electron chi connectivity index (χ0n) is 17.7. The summed E-state index contributed by atoms with van der Waals surface area (Å²) in [6.07, 6.45) is 0.280. The second kappa shape index (κ2) is 9.59. The van der Waals surface area contributed by atoms with Gasteiger partial charge in [-0.3, -0.25) is 9.36 Å². The molecule has 0 radical (unpaired) electrons. The monoisotopic (exact) mass is 419 g/mol. The van der Waals surface area contributed by atoms with E-state index in [1.807, 2.05) is 68.7 Å². The molecule has 0 unspecified atom stereocenters. The Balaban J connectivity index is 1.81. The molecule has 3 rings (SSSR count). The number of anilines is 1. The lowest BCUT2D eigenvalue weighted by Gasteiger charge is -2.22. The number of benzene rings is 2. The Bertz CT molecular complexity index is 1060. The van der Waals surface area contributed by atoms with Crippen LogP contribution in [0, 0.1) is 39.0 Å². The molecule has 0 aliphatic rings. The van der Waals surface area contributed by atoms with Gasteiger partial charge in [-0.25, -0.2) is 0 Å². The molecule has 7 heteroatoms. The van der Waals surface area contributed by atoms with Gasteiger partial charge in [0.05, 0.1) is 18.2 Å². The highest BCUT2D eigenvalue weighted by Gasteiger charge is 2.19. The Morgan fingerprint density at radius 2 is 1.70 bits per heavy atom. The molecule has 0 aliphatic carbocycles. The maximum atomic E-state index is 13.1. The molecule has 0 aliphatic heterocycles. The van der Waals surface area contributed by atoms with Gasteiger partial charge in [-0.2, -0.15) is 5.26 Å². The molecule has 1 amide bonds. The molecule has 0 spiro atoms. The Labute approximate surface area is 181 Å². The number of aryl methyl sites for hydroxylation is 4. The molecule has 154 valence electrons. The highest BCUT2D eigenvalue weighted by Crippen LogP contribution is 2.25. The molecular formula is C23H25N5OS. The zero-order valence-corrected chi connectivity index (χ0v) is 18.5. The fourth-order valence-electron chi connectivity index (χ4n) is 3.30. The molecule has 0 saturated carbocycles. The van der Waals surface area contributed by atoms with E-state index in [0.717, 1.165) is 28.3 Å². The molecule has 1 aromatic heterocycles. The van der Waals surface area contributed by atoms with Gasteiger partial charge < -0.3 is 4.90 Å². The Morgan fingerprint density at radius 3 is 2.33 bits per heavy atom. The van der Waals surface area contributed by atoms with Crippen molar-refractivity contribution in [2.75, 3.05) is 17.2 Å². The number of aromatic nitrogens is 3. The Morgan fingerprint density at radius 1 is 1.03 bits per heavy atom. The minimum Gasteiger partial charge on any atom is -0.311 e. The summed E-state index contributed by atoms with van der Waals surface area (Å²) in [5.74, 6) is 0.920. The van der Waals surface area contributed by atoms with E-state index in [4.69, 9.17) is 5.26 Å². The number of nitrogens with zero attached hydrogens (tertiary/aromatic N) is 5. The first-order valence-corrected chi connectivity index (χ1v) is 10.7. The van der Waals surface area contributed by atoms with Crippen molar-refractivity contribution in [1.29, 1.82) is 5.26 Å². The van der Waals surface area contributed by atoms with Gasteiger partial charge in [0.25, 0.3) is 0 Å². The van der Waals surface area contributed by atoms with Gasteiger partial charge in [0.2, 0.25) is 5.91 Å². The van der Waals surface area contributed by atoms with Crippen LogP contribution in [0.5, 0.6) is 0 Å². The van der Waals surface area contributed by atoms with Gasteiger partial charge in [0, 0.05) is 17.9 Å². The SMILES string of the molecule is Cc1ccc(-n2c(C)nnc2SCC(=O)N(CCC#N)c2cc(C)cc(C)c2)cc1. The predicted molar refractivity (Wildman–Crippen MR) is 120 cm³/mol. The van der Waals surface area contributed by atoms with Crippen LogP contribution >= 0.6 is 11.8 Å². The van der Waals surface area contributed by atoms with Crippen molar-refractivity contribution in [3.05, 3.63) is 65.0 Å². The van der Waals surface area contributed by atoms with Crippen molar-refractivity contribution < 1.29 is 4.79 Å². The summed E-state index contributed by atoms with van der Waals surface area (Å²) in [4.78, 5) is 14.8. The average molecular weight is 420 g/mol. The van der Waals surface area contributed by atoms with E-state index in [1.54, 1.807) is 4.90 Å². The Kier molecular flexibility index (Phi) is 6.91. The third-order valence-electron chi connectivity index (χ3n) is 4.68. The van der Waals surface area contributed by atoms with Crippen LogP contribution in [0.2, 0.25) is 0 Å². The molecule has 1 heterocycles. The minimum atomic E-state index is -0.0589. The summed E-state index contributed by atoms with van der Waals surface area (Å²) in [5.41, 5.74) is 5.14. The topological polar surface area (TPSA) is 74.8 Å². The third-order valence-corrected chi connectivity index (χ3v) is 5.59. The number of hydrogen-bond donors (Lipinski definition) is 0. The average Bonchev–Trinajstić information content (AvgIpc) is 3.07. The molecule has 0 N–H and O–H groups in total. The molecule has 30 heavy (non-hydrogen) atoms. The van der Waals surface area contributed by atoms with Gasteiger partial charge in [0.15, 0.2) is 5.16 Å². The van der Waals surface area contributed by atoms with Crippen LogP contribution < -0.4 is 4.90 Å². The predicted octanol–water partition coefficient (Wildman–Crippen LogP) is 4.54. The van der Waals surface area contributed by atoms with Crippen LogP contribution in [-0.4, -0.2) is 33.0 Å². The first-order chi connectivity index (χ1) is 14.4. The van der Waals surface area contributed by atoms with E-state index < -0.39 is 0 Å². The quantitative estimate of drug-likeness (QED) is 0.526. The lowest BCUT2D eigenvalue weighted by atomic mass is 10.1. The zero-order chi connectivity index (χ0) is 21.7. The molecular weight excluding hydrogens is 394 g/mol. The summed E-state index contributed by atoms with van der Waals surface area (Å²) in [7, 11) is 0. The number of thioether (sulfide) groups is 1. The first-order valence-electron chi connectivity index (χ1n) is 9.76. The fourth-order valence-corrected chi connectivity index (χ4v) is 4.17. The molecule has 6 nitrogen and oxygen atoms in total. The number of amides is 1. The van der Waals surface area contributed by atoms with Crippen LogP contribution in [-0.2, 0) is 4.79 Å². The van der Waals surface area contributed by atoms with Crippen molar-refractivity contribution in [3.8, 4) is 11.8 Å². The number of carbonyl (C=O) groups is 1. The molecule has 3 aromatic rings. The van der Waals surface area contributed by atoms with Crippen molar-refractivity contribution in [3.63, 3.8) is 0 Å². The molecule has 0 saturated heterocycles. The largest absolute Gasteiger partial charge is 0.311 e. The van der Waals surface area contributed by atoms with Gasteiger partial charge in [-0.1, -0.05) is 35.5 Å². The summed E-state index contributed by atoms with van der Waals surface area (Å²) >= 11 is 1.36. The second-order valence-electron chi connectivity index (χ2n) is 7.29. The molecule has 0 bridgehead atoms. The van der Waals surface area contributed by atoms with Crippen LogP contribution in [0.4, 0.5) is 5.69 Å². The smallest absolute Gasteiger partial charge is 0.237 e. The van der Waals surface area contributed by atoms with Gasteiger partial charge in [0.1, 0.15) is 5.82 Å². The maximum Gasteiger partial charge on any atom is 0.237 e. The second-order valence-corrected chi connectivity index (χ2v) is 8.23. The van der Waals surface area contributed by atoms with Crippen LogP contribution in [0.15, 0.2) is 47.6 Å². The van der Waals surface area contributed by atoms with Crippen molar-refractivity contribution in [1.82, 2.24) is 14.8 Å². The van der Waals surface area contributed by atoms with Crippen LogP contribution in [0.25, 0.3) is 5.69 Å². The number of rotatable bonds is 7. The van der Waals surface area contributed by atoms with Gasteiger partial charge in [-0.15, -0.1) is 10.2 Å². The number of carbonyl (C=O) groups excluding carboxylic acids is 1. The van der Waals surface area contributed by atoms with Gasteiger partial charge in [-0.05, 0) is 63.1 Å². The third kappa shape index (κ3) is 5.08. The summed E-state index contributed by atoms with van der Waals surface area (Å²) < 4.78 is 1.95. The van der Waals surface area contributed by atoms with Crippen molar-refractivity contribution in [2.24, 2.45) is 0 Å². The molecule has 0 fully saturated rings. The highest BCUT2D eigenvalue weighted by molar-refractivity contribution is 7.99. The number of hydrogen-bond acceptors (Lipinski definition) is 5. The van der Waals surface area contributed by atoms with Crippen molar-refractivity contribution >= 4 is 23.4 Å². The lowest BCUT2D eigenvalue weighted by Crippen LogP contribution is -2.33. The van der Waals surface area contributed by atoms with E-state index in [-0.39, 0.29) is 18.1 Å². The van der Waals surface area contributed by atoms with Crippen LogP contribution in [0.3, 0.4) is 0 Å². The maximum absolute atomic E-state index is 13.1. The summed E-state index contributed by atoms with van der Waals surface area (Å²) in [5, 5.41) is 18.2. The fraction of sp³-hybridized carbons (Fsp3) is 0.304. The van der Waals surface area contributed by atoms with Gasteiger partial charge >= 0.3 is 0 Å². The van der Waals surface area contributed by atoms with Crippen LogP contribution in [0.1, 0.15) is 28.9 Å². The first kappa shape index (κ1) is 21.6. The minimum absolute atomic E-state index is 0.0589. The van der Waals surface area contributed by atoms with E-state index in [9.17, 15) is 4.79 Å². The number of nitriles is 1. The highest BCUT2D eigenvalue weighted by atomic mass is 32.2. The Hall–Kier alpha value is -3.11. The normalized spacial score (nSPS) is 10.6. The van der Waals surface area contributed by atoms with E-state index in [0.29, 0.717) is 11.7 Å². The standard InChI is InChI=1S/C23H25N5OS/c1-16-6-8-20(9-7-16)28-19(4)25-26-23(28)30-15-22(29)27(11-5-10-24)21-13-17(2)12-18(3)14-21/h6-9,12-14H,5,11,15H2,1-4H3. The van der Waals surface area contributed by atoms with Crippen molar-refractivity contribution in [2.45, 2.75) is 39.3 Å². The van der Waals surface area contributed by atoms with E-state index in [2.05, 4.69) is 22.3 Å². The summed E-state index contributed by atoms with van der Waals surface area (Å²) in [6, 6.07) is 16.3. The summed E-state index contributed by atoms with van der Waals surface area (Å²) in [6.45, 7) is 8.31. The van der Waals surface area contributed by atoms with E-state index >= 15 is 0 Å². The molecule has 2 aromatic carbocycles. The lowest BCUT2D eigenvalue weighted by molar-refractivity contribution is -0.116. The molecule has 0 atom stereocenters.